The first kappa shape index (κ1) is 24.3. The lowest BCUT2D eigenvalue weighted by molar-refractivity contribution is -0.145. The van der Waals surface area contributed by atoms with Crippen molar-refractivity contribution in [3.63, 3.8) is 0 Å². The third-order valence-corrected chi connectivity index (χ3v) is 4.29. The van der Waals surface area contributed by atoms with Crippen molar-refractivity contribution in [1.29, 1.82) is 0 Å². The molecule has 0 radical (unpaired) electrons. The highest BCUT2D eigenvalue weighted by molar-refractivity contribution is 6.40. The van der Waals surface area contributed by atoms with Gasteiger partial charge in [0.15, 0.2) is 5.54 Å². The average Bonchev–Trinajstić information content (AvgIpc) is 2.66. The Morgan fingerprint density at radius 3 is 1.88 bits per heavy atom. The molecule has 0 bridgehead atoms. The number of carbonyl (C=O) groups is 3. The highest BCUT2D eigenvalue weighted by Crippen LogP contribution is 2.09. The fraction of sp³-hybridized carbons (Fsp3) is 0.737. The average molecular weight is 370 g/mol. The lowest BCUT2D eigenvalue weighted by Crippen LogP contribution is -2.63. The normalized spacial score (nSPS) is 11.0. The third kappa shape index (κ3) is 9.10. The molecule has 0 heterocycles. The van der Waals surface area contributed by atoms with Gasteiger partial charge < -0.3 is 20.8 Å². The van der Waals surface area contributed by atoms with Crippen LogP contribution in [0.2, 0.25) is 0 Å². The summed E-state index contributed by atoms with van der Waals surface area (Å²) in [5.74, 6) is -2.76. The molecule has 0 aliphatic heterocycles. The van der Waals surface area contributed by atoms with Crippen LogP contribution in [0, 0.1) is 0 Å². The largest absolute Gasteiger partial charge is 0.393 e. The van der Waals surface area contributed by atoms with E-state index < -0.39 is 36.4 Å². The van der Waals surface area contributed by atoms with Crippen LogP contribution in [-0.2, 0) is 14.4 Å². The minimum absolute atomic E-state index is 0.336. The molecule has 0 aromatic carbocycles. The van der Waals surface area contributed by atoms with Crippen molar-refractivity contribution >= 4 is 17.6 Å². The monoisotopic (exact) mass is 370 g/mol. The maximum atomic E-state index is 12.2. The Balaban J connectivity index is 4.11. The van der Waals surface area contributed by atoms with E-state index in [0.717, 1.165) is 25.3 Å². The van der Waals surface area contributed by atoms with Crippen LogP contribution in [0.25, 0.3) is 0 Å². The summed E-state index contributed by atoms with van der Waals surface area (Å²) in [5, 5.41) is 23.4. The van der Waals surface area contributed by atoms with E-state index in [4.69, 9.17) is 0 Å². The molecule has 2 amide bonds. The number of ketones is 1. The minimum Gasteiger partial charge on any atom is -0.393 e. The lowest BCUT2D eigenvalue weighted by Gasteiger charge is -2.28. The van der Waals surface area contributed by atoms with Crippen LogP contribution in [0.4, 0.5) is 0 Å². The van der Waals surface area contributed by atoms with Crippen molar-refractivity contribution < 1.29 is 24.6 Å². The summed E-state index contributed by atoms with van der Waals surface area (Å²) in [4.78, 5) is 35.5. The zero-order chi connectivity index (χ0) is 19.8. The zero-order valence-corrected chi connectivity index (χ0v) is 15.9. The molecule has 0 fully saturated rings. The Bertz CT molecular complexity index is 447. The fourth-order valence-electron chi connectivity index (χ4n) is 2.55. The maximum absolute atomic E-state index is 12.2. The van der Waals surface area contributed by atoms with Gasteiger partial charge in [0.1, 0.15) is 0 Å². The van der Waals surface area contributed by atoms with Crippen LogP contribution in [0.5, 0.6) is 0 Å². The SMILES string of the molecule is C=CC(=O)NC(CO)(CO)C(=O)C(=O)NCCCCCCCCCCC. The van der Waals surface area contributed by atoms with Crippen molar-refractivity contribution in [1.82, 2.24) is 10.6 Å². The van der Waals surface area contributed by atoms with Gasteiger partial charge in [-0.25, -0.2) is 0 Å². The standard InChI is InChI=1S/C19H34N2O5/c1-3-5-6-7-8-9-10-11-12-13-20-18(26)17(25)19(14-22,15-23)21-16(24)4-2/h4,22-23H,2-3,5-15H2,1H3,(H,20,26)(H,21,24). The molecule has 0 atom stereocenters. The summed E-state index contributed by atoms with van der Waals surface area (Å²) in [7, 11) is 0. The molecule has 0 aromatic heterocycles. The first-order chi connectivity index (χ1) is 12.5. The highest BCUT2D eigenvalue weighted by Gasteiger charge is 2.42. The number of aliphatic hydroxyl groups is 2. The second-order valence-corrected chi connectivity index (χ2v) is 6.51. The van der Waals surface area contributed by atoms with E-state index in [1.165, 1.54) is 38.5 Å². The molecule has 4 N–H and O–H groups in total. The second-order valence-electron chi connectivity index (χ2n) is 6.51. The van der Waals surface area contributed by atoms with E-state index in [1.54, 1.807) is 0 Å². The number of hydrogen-bond acceptors (Lipinski definition) is 5. The van der Waals surface area contributed by atoms with Gasteiger partial charge in [0.25, 0.3) is 5.91 Å². The first-order valence-corrected chi connectivity index (χ1v) is 9.46. The molecular weight excluding hydrogens is 336 g/mol. The molecule has 0 aliphatic rings. The number of carbonyl (C=O) groups excluding carboxylic acids is 3. The molecule has 0 aromatic rings. The van der Waals surface area contributed by atoms with Crippen molar-refractivity contribution in [3.8, 4) is 0 Å². The highest BCUT2D eigenvalue weighted by atomic mass is 16.3. The van der Waals surface area contributed by atoms with Gasteiger partial charge in [-0.3, -0.25) is 14.4 Å². The van der Waals surface area contributed by atoms with E-state index in [0.29, 0.717) is 6.54 Å². The molecule has 150 valence electrons. The quantitative estimate of drug-likeness (QED) is 0.185. The first-order valence-electron chi connectivity index (χ1n) is 9.46. The van der Waals surface area contributed by atoms with Crippen LogP contribution >= 0.6 is 0 Å². The molecular formula is C19H34N2O5. The Morgan fingerprint density at radius 1 is 0.923 bits per heavy atom. The summed E-state index contributed by atoms with van der Waals surface area (Å²) < 4.78 is 0. The van der Waals surface area contributed by atoms with Crippen LogP contribution in [0.15, 0.2) is 12.7 Å². The summed E-state index contributed by atoms with van der Waals surface area (Å²) in [6.07, 6.45) is 11.2. The van der Waals surface area contributed by atoms with Crippen molar-refractivity contribution in [2.75, 3.05) is 19.8 Å². The van der Waals surface area contributed by atoms with Crippen LogP contribution in [-0.4, -0.2) is 53.1 Å². The molecule has 0 unspecified atom stereocenters. The van der Waals surface area contributed by atoms with Gasteiger partial charge in [-0.1, -0.05) is 64.9 Å². The molecule has 7 heteroatoms. The Morgan fingerprint density at radius 2 is 1.42 bits per heavy atom. The second kappa shape index (κ2) is 14.4. The fourth-order valence-corrected chi connectivity index (χ4v) is 2.55. The predicted molar refractivity (Wildman–Crippen MR) is 100 cm³/mol. The molecule has 7 nitrogen and oxygen atoms in total. The summed E-state index contributed by atoms with van der Waals surface area (Å²) in [5.41, 5.74) is -2.03. The predicted octanol–water partition coefficient (Wildman–Crippen LogP) is 1.23. The smallest absolute Gasteiger partial charge is 0.290 e. The van der Waals surface area contributed by atoms with Crippen LogP contribution in [0.1, 0.15) is 64.7 Å². The Kier molecular flexibility index (Phi) is 13.5. The van der Waals surface area contributed by atoms with Crippen molar-refractivity contribution in [2.24, 2.45) is 0 Å². The molecule has 0 saturated heterocycles. The molecule has 0 saturated carbocycles. The summed E-state index contributed by atoms with van der Waals surface area (Å²) in [6, 6.07) is 0. The maximum Gasteiger partial charge on any atom is 0.290 e. The van der Waals surface area contributed by atoms with Gasteiger partial charge in [0, 0.05) is 6.54 Å². The molecule has 0 aliphatic carbocycles. The van der Waals surface area contributed by atoms with Gasteiger partial charge >= 0.3 is 0 Å². The molecule has 26 heavy (non-hydrogen) atoms. The topological polar surface area (TPSA) is 116 Å². The Labute approximate surface area is 156 Å². The summed E-state index contributed by atoms with van der Waals surface area (Å²) in [6.45, 7) is 4.00. The number of rotatable bonds is 16. The van der Waals surface area contributed by atoms with Gasteiger partial charge in [-0.15, -0.1) is 0 Å². The third-order valence-electron chi connectivity index (χ3n) is 4.29. The Hall–Kier alpha value is -1.73. The number of Topliss-reactive ketones (excluding diaryl/α,β-unsaturated/α-hetero) is 1. The number of unbranched alkanes of at least 4 members (excludes halogenated alkanes) is 8. The number of hydrogen-bond donors (Lipinski definition) is 4. The molecule has 0 rings (SSSR count). The van der Waals surface area contributed by atoms with E-state index in [1.807, 2.05) is 0 Å². The summed E-state index contributed by atoms with van der Waals surface area (Å²) >= 11 is 0. The van der Waals surface area contributed by atoms with Crippen molar-refractivity contribution in [3.05, 3.63) is 12.7 Å². The zero-order valence-electron chi connectivity index (χ0n) is 15.9. The molecule has 0 spiro atoms. The van der Waals surface area contributed by atoms with Gasteiger partial charge in [-0.2, -0.15) is 0 Å². The lowest BCUT2D eigenvalue weighted by atomic mass is 9.94. The van der Waals surface area contributed by atoms with Gasteiger partial charge in [-0.05, 0) is 12.5 Å². The van der Waals surface area contributed by atoms with Crippen molar-refractivity contribution in [2.45, 2.75) is 70.3 Å². The van der Waals surface area contributed by atoms with Crippen LogP contribution in [0.3, 0.4) is 0 Å². The number of amides is 2. The van der Waals surface area contributed by atoms with E-state index in [-0.39, 0.29) is 0 Å². The van der Waals surface area contributed by atoms with E-state index in [9.17, 15) is 24.6 Å². The van der Waals surface area contributed by atoms with Gasteiger partial charge in [0.05, 0.1) is 13.2 Å². The minimum atomic E-state index is -2.03. The van der Waals surface area contributed by atoms with E-state index in [2.05, 4.69) is 24.1 Å². The number of aliphatic hydroxyl groups excluding tert-OH is 2. The van der Waals surface area contributed by atoms with Gasteiger partial charge in [0.2, 0.25) is 11.7 Å². The number of nitrogens with one attached hydrogen (secondary N) is 2. The van der Waals surface area contributed by atoms with Crippen LogP contribution < -0.4 is 10.6 Å². The van der Waals surface area contributed by atoms with E-state index >= 15 is 0 Å².